The third-order valence-electron chi connectivity index (χ3n) is 3.94. The van der Waals surface area contributed by atoms with E-state index in [-0.39, 0.29) is 24.1 Å². The number of esters is 1. The molecule has 0 aliphatic rings. The third-order valence-corrected chi connectivity index (χ3v) is 4.41. The minimum atomic E-state index is -0.276. The summed E-state index contributed by atoms with van der Waals surface area (Å²) in [7, 11) is 1.37. The lowest BCUT2D eigenvalue weighted by molar-refractivity contribution is -0.141. The van der Waals surface area contributed by atoms with E-state index in [9.17, 15) is 9.90 Å². The van der Waals surface area contributed by atoms with Gasteiger partial charge in [0.25, 0.3) is 0 Å². The molecule has 0 radical (unpaired) electrons. The van der Waals surface area contributed by atoms with Crippen LogP contribution in [0.3, 0.4) is 0 Å². The van der Waals surface area contributed by atoms with Crippen molar-refractivity contribution in [2.24, 2.45) is 10.9 Å². The predicted octanol–water partition coefficient (Wildman–Crippen LogP) is 5.04. The molecule has 26 heavy (non-hydrogen) atoms. The van der Waals surface area contributed by atoms with E-state index in [2.05, 4.69) is 4.99 Å². The van der Waals surface area contributed by atoms with E-state index in [0.29, 0.717) is 33.4 Å². The minimum absolute atomic E-state index is 0.00725. The highest BCUT2D eigenvalue weighted by molar-refractivity contribution is 6.32. The number of phenolic OH excluding ortho intramolecular Hbond substituents is 1. The van der Waals surface area contributed by atoms with Crippen molar-refractivity contribution in [1.82, 2.24) is 0 Å². The second-order valence-corrected chi connectivity index (χ2v) is 7.07. The number of benzene rings is 2. The van der Waals surface area contributed by atoms with Gasteiger partial charge in [-0.2, -0.15) is 0 Å². The maximum atomic E-state index is 11.4. The van der Waals surface area contributed by atoms with Gasteiger partial charge in [-0.25, -0.2) is 0 Å². The Kier molecular flexibility index (Phi) is 7.06. The van der Waals surface area contributed by atoms with Gasteiger partial charge in [-0.05, 0) is 42.7 Å². The predicted molar refractivity (Wildman–Crippen MR) is 106 cm³/mol. The fourth-order valence-electron chi connectivity index (χ4n) is 2.54. The Bertz CT molecular complexity index is 817. The minimum Gasteiger partial charge on any atom is -0.507 e. The fraction of sp³-hybridized carbons (Fsp3) is 0.300. The number of hydrogen-bond acceptors (Lipinski definition) is 4. The summed E-state index contributed by atoms with van der Waals surface area (Å²) >= 11 is 12.2. The molecule has 0 heterocycles. The van der Waals surface area contributed by atoms with E-state index in [0.717, 1.165) is 5.56 Å². The summed E-state index contributed by atoms with van der Waals surface area (Å²) < 4.78 is 4.70. The van der Waals surface area contributed by atoms with E-state index < -0.39 is 0 Å². The van der Waals surface area contributed by atoms with Gasteiger partial charge in [0.05, 0.1) is 12.8 Å². The van der Waals surface area contributed by atoms with Crippen LogP contribution in [0.5, 0.6) is 5.75 Å². The monoisotopic (exact) mass is 393 g/mol. The molecule has 2 aromatic rings. The van der Waals surface area contributed by atoms with Gasteiger partial charge in [-0.3, -0.25) is 9.79 Å². The molecule has 1 unspecified atom stereocenters. The van der Waals surface area contributed by atoms with Crippen molar-refractivity contribution in [1.29, 1.82) is 0 Å². The van der Waals surface area contributed by atoms with Crippen LogP contribution >= 0.6 is 23.2 Å². The van der Waals surface area contributed by atoms with Crippen LogP contribution in [0, 0.1) is 12.8 Å². The number of ether oxygens (including phenoxy) is 1. The molecule has 0 aliphatic heterocycles. The quantitative estimate of drug-likeness (QED) is 0.551. The molecule has 4 nitrogen and oxygen atoms in total. The van der Waals surface area contributed by atoms with Gasteiger partial charge in [0.15, 0.2) is 0 Å². The maximum Gasteiger partial charge on any atom is 0.305 e. The average molecular weight is 394 g/mol. The van der Waals surface area contributed by atoms with Crippen LogP contribution in [0.25, 0.3) is 0 Å². The van der Waals surface area contributed by atoms with Gasteiger partial charge in [0.1, 0.15) is 5.75 Å². The highest BCUT2D eigenvalue weighted by atomic mass is 35.5. The number of rotatable bonds is 6. The molecule has 0 fully saturated rings. The molecule has 0 saturated heterocycles. The van der Waals surface area contributed by atoms with Crippen molar-refractivity contribution in [3.05, 3.63) is 63.1 Å². The number of halogens is 2. The van der Waals surface area contributed by atoms with Crippen molar-refractivity contribution < 1.29 is 14.6 Å². The number of nitrogens with zero attached hydrogens (tertiary/aromatic N) is 1. The molecule has 0 saturated carbocycles. The molecule has 2 aromatic carbocycles. The fourth-order valence-corrected chi connectivity index (χ4v) is 2.93. The van der Waals surface area contributed by atoms with Crippen molar-refractivity contribution >= 4 is 34.9 Å². The molecule has 0 aliphatic carbocycles. The highest BCUT2D eigenvalue weighted by Crippen LogP contribution is 2.29. The summed E-state index contributed by atoms with van der Waals surface area (Å²) in [6.07, 6.45) is 0.272. The van der Waals surface area contributed by atoms with Crippen LogP contribution in [0.15, 0.2) is 41.4 Å². The molecule has 0 spiro atoms. The zero-order chi connectivity index (χ0) is 19.3. The van der Waals surface area contributed by atoms with Crippen LogP contribution in [0.4, 0.5) is 0 Å². The number of hydrogen-bond donors (Lipinski definition) is 1. The van der Waals surface area contributed by atoms with Gasteiger partial charge in [-0.1, -0.05) is 42.3 Å². The number of aryl methyl sites for hydroxylation is 1. The summed E-state index contributed by atoms with van der Waals surface area (Å²) in [6, 6.07) is 10.6. The number of carbonyl (C=O) groups is 1. The summed E-state index contributed by atoms with van der Waals surface area (Å²) in [4.78, 5) is 16.1. The summed E-state index contributed by atoms with van der Waals surface area (Å²) in [5.41, 5.74) is 2.61. The maximum absolute atomic E-state index is 11.4. The number of aliphatic imine (C=N–C) groups is 1. The van der Waals surface area contributed by atoms with Gasteiger partial charge in [0, 0.05) is 34.1 Å². The number of aromatic hydroxyl groups is 1. The largest absolute Gasteiger partial charge is 0.507 e. The lowest BCUT2D eigenvalue weighted by Gasteiger charge is -2.14. The van der Waals surface area contributed by atoms with Crippen molar-refractivity contribution in [3.8, 4) is 5.75 Å². The van der Waals surface area contributed by atoms with Crippen LogP contribution in [-0.2, 0) is 9.53 Å². The molecule has 6 heteroatoms. The van der Waals surface area contributed by atoms with E-state index in [1.54, 1.807) is 31.2 Å². The van der Waals surface area contributed by atoms with Gasteiger partial charge in [0.2, 0.25) is 0 Å². The third kappa shape index (κ3) is 5.23. The van der Waals surface area contributed by atoms with Gasteiger partial charge in [-0.15, -0.1) is 0 Å². The van der Waals surface area contributed by atoms with Crippen LogP contribution in [0.2, 0.25) is 10.0 Å². The summed E-state index contributed by atoms with van der Waals surface area (Å²) in [5.74, 6) is -0.155. The Morgan fingerprint density at radius 1 is 1.19 bits per heavy atom. The molecule has 0 amide bonds. The molecule has 138 valence electrons. The normalized spacial score (nSPS) is 12.7. The zero-order valence-corrected chi connectivity index (χ0v) is 16.4. The molecule has 1 N–H and O–H groups in total. The molecule has 2 rings (SSSR count). The van der Waals surface area contributed by atoms with Crippen molar-refractivity contribution in [2.75, 3.05) is 13.7 Å². The van der Waals surface area contributed by atoms with E-state index in [4.69, 9.17) is 27.9 Å². The molecule has 0 bridgehead atoms. The molecular weight excluding hydrogens is 373 g/mol. The first kappa shape index (κ1) is 20.3. The Morgan fingerprint density at radius 2 is 1.85 bits per heavy atom. The summed E-state index contributed by atoms with van der Waals surface area (Å²) in [6.45, 7) is 4.10. The van der Waals surface area contributed by atoms with E-state index in [1.165, 1.54) is 7.11 Å². The average Bonchev–Trinajstić information content (AvgIpc) is 2.60. The zero-order valence-electron chi connectivity index (χ0n) is 14.9. The van der Waals surface area contributed by atoms with Gasteiger partial charge >= 0.3 is 5.97 Å². The van der Waals surface area contributed by atoms with Crippen molar-refractivity contribution in [2.45, 2.75) is 20.3 Å². The number of methoxy groups -OCH3 is 1. The lowest BCUT2D eigenvalue weighted by Crippen LogP contribution is -2.12. The lowest BCUT2D eigenvalue weighted by atomic mass is 9.98. The molecular formula is C20H21Cl2NO3. The van der Waals surface area contributed by atoms with Crippen LogP contribution < -0.4 is 0 Å². The first-order valence-electron chi connectivity index (χ1n) is 8.18. The standard InChI is InChI=1S/C20H21Cl2NO3/c1-12(8-18(24)26-3)11-23-19(14-4-6-15(21)7-5-14)17-10-16(22)9-13(2)20(17)25/h4-7,9-10,12,25H,8,11H2,1-3H3. The SMILES string of the molecule is COC(=O)CC(C)CN=C(c1ccc(Cl)cc1)c1cc(Cl)cc(C)c1O. The number of carbonyl (C=O) groups excluding carboxylic acids is 1. The second-order valence-electron chi connectivity index (χ2n) is 6.20. The Hall–Kier alpha value is -2.04. The summed E-state index contributed by atoms with van der Waals surface area (Å²) in [5, 5.41) is 11.6. The Morgan fingerprint density at radius 3 is 2.46 bits per heavy atom. The number of phenols is 1. The van der Waals surface area contributed by atoms with Crippen LogP contribution in [-0.4, -0.2) is 30.4 Å². The smallest absolute Gasteiger partial charge is 0.305 e. The Balaban J connectivity index is 2.45. The first-order valence-corrected chi connectivity index (χ1v) is 8.94. The topological polar surface area (TPSA) is 58.9 Å². The van der Waals surface area contributed by atoms with Crippen molar-refractivity contribution in [3.63, 3.8) is 0 Å². The highest BCUT2D eigenvalue weighted by Gasteiger charge is 2.16. The molecule has 0 aromatic heterocycles. The first-order chi connectivity index (χ1) is 12.3. The van der Waals surface area contributed by atoms with E-state index >= 15 is 0 Å². The van der Waals surface area contributed by atoms with Gasteiger partial charge < -0.3 is 9.84 Å². The Labute approximate surface area is 163 Å². The molecule has 1 atom stereocenters. The van der Waals surface area contributed by atoms with E-state index in [1.807, 2.05) is 19.1 Å². The second kappa shape index (κ2) is 9.06. The van der Waals surface area contributed by atoms with Crippen LogP contribution in [0.1, 0.15) is 30.0 Å².